The number of carboxylic acids is 1. The smallest absolute Gasteiger partial charge is 0.306 e. The van der Waals surface area contributed by atoms with Crippen LogP contribution in [-0.2, 0) is 4.79 Å². The van der Waals surface area contributed by atoms with Crippen LogP contribution in [0.25, 0.3) is 0 Å². The van der Waals surface area contributed by atoms with Crippen LogP contribution < -0.4 is 4.74 Å². The Kier molecular flexibility index (Phi) is 6.64. The van der Waals surface area contributed by atoms with Crippen molar-refractivity contribution < 1.29 is 14.6 Å². The molecule has 6 heteroatoms. The molecule has 0 saturated carbocycles. The van der Waals surface area contributed by atoms with Crippen molar-refractivity contribution in [3.8, 4) is 5.75 Å². The molecule has 1 N–H and O–H groups in total. The van der Waals surface area contributed by atoms with Crippen molar-refractivity contribution in [1.82, 2.24) is 4.90 Å². The van der Waals surface area contributed by atoms with E-state index in [-0.39, 0.29) is 12.0 Å². The highest BCUT2D eigenvalue weighted by molar-refractivity contribution is 6.42. The van der Waals surface area contributed by atoms with E-state index in [0.717, 1.165) is 16.9 Å². The zero-order chi connectivity index (χ0) is 19.4. The van der Waals surface area contributed by atoms with Crippen LogP contribution in [0.3, 0.4) is 0 Å². The van der Waals surface area contributed by atoms with Gasteiger partial charge >= 0.3 is 5.97 Å². The summed E-state index contributed by atoms with van der Waals surface area (Å²) in [6.07, 6.45) is 1.25. The lowest BCUT2D eigenvalue weighted by Gasteiger charge is -2.37. The van der Waals surface area contributed by atoms with Crippen LogP contribution in [-0.4, -0.2) is 35.7 Å². The van der Waals surface area contributed by atoms with E-state index in [1.54, 1.807) is 6.07 Å². The van der Waals surface area contributed by atoms with Crippen molar-refractivity contribution in [1.29, 1.82) is 0 Å². The van der Waals surface area contributed by atoms with Gasteiger partial charge in [0.1, 0.15) is 5.75 Å². The number of likely N-dealkylation sites (tertiary alicyclic amines) is 1. The van der Waals surface area contributed by atoms with Gasteiger partial charge in [-0.25, -0.2) is 0 Å². The zero-order valence-corrected chi connectivity index (χ0v) is 16.7. The van der Waals surface area contributed by atoms with E-state index in [4.69, 9.17) is 27.9 Å². The second kappa shape index (κ2) is 8.96. The quantitative estimate of drug-likeness (QED) is 0.707. The van der Waals surface area contributed by atoms with Crippen molar-refractivity contribution in [2.75, 3.05) is 19.7 Å². The van der Waals surface area contributed by atoms with Crippen molar-refractivity contribution in [3.05, 3.63) is 63.6 Å². The molecule has 0 aliphatic carbocycles. The first-order chi connectivity index (χ1) is 13.0. The molecule has 2 aromatic rings. The summed E-state index contributed by atoms with van der Waals surface area (Å²) in [6.45, 7) is 3.95. The van der Waals surface area contributed by atoms with Crippen molar-refractivity contribution >= 4 is 29.2 Å². The summed E-state index contributed by atoms with van der Waals surface area (Å²) >= 11 is 12.8. The van der Waals surface area contributed by atoms with Gasteiger partial charge in [-0.3, -0.25) is 9.69 Å². The highest BCUT2D eigenvalue weighted by atomic mass is 35.5. The van der Waals surface area contributed by atoms with Crippen molar-refractivity contribution in [2.24, 2.45) is 5.92 Å². The molecule has 1 fully saturated rings. The van der Waals surface area contributed by atoms with Crippen molar-refractivity contribution in [2.45, 2.75) is 25.8 Å². The van der Waals surface area contributed by atoms with Gasteiger partial charge < -0.3 is 9.84 Å². The van der Waals surface area contributed by atoms with E-state index in [1.165, 1.54) is 0 Å². The third-order valence-corrected chi connectivity index (χ3v) is 5.86. The molecule has 0 aromatic heterocycles. The van der Waals surface area contributed by atoms with Crippen LogP contribution in [0.1, 0.15) is 36.9 Å². The molecule has 1 atom stereocenters. The van der Waals surface area contributed by atoms with E-state index in [9.17, 15) is 9.90 Å². The molecule has 0 spiro atoms. The van der Waals surface area contributed by atoms with Crippen LogP contribution in [0.5, 0.6) is 5.75 Å². The molecular formula is C21H23Cl2NO3. The highest BCUT2D eigenvalue weighted by Crippen LogP contribution is 2.39. The average molecular weight is 408 g/mol. The van der Waals surface area contributed by atoms with E-state index in [0.29, 0.717) is 42.6 Å². The first-order valence-corrected chi connectivity index (χ1v) is 9.90. The standard InChI is InChI=1S/C21H23Cl2NO3/c1-2-27-16-8-6-14(7-9-16)20(17-4-3-5-18(22)19(17)23)24-12-10-15(11-13-24)21(25)26/h3-9,15,20H,2,10-13H2,1H3,(H,25,26). The second-order valence-corrected chi connectivity index (χ2v) is 7.48. The number of halogens is 2. The van der Waals surface area contributed by atoms with Crippen LogP contribution in [0.15, 0.2) is 42.5 Å². The summed E-state index contributed by atoms with van der Waals surface area (Å²) in [4.78, 5) is 13.6. The average Bonchev–Trinajstić information content (AvgIpc) is 2.67. The fourth-order valence-corrected chi connectivity index (χ4v) is 4.05. The minimum Gasteiger partial charge on any atom is -0.494 e. The Balaban J connectivity index is 1.94. The molecule has 1 aliphatic rings. The third-order valence-electron chi connectivity index (χ3n) is 5.03. The van der Waals surface area contributed by atoms with Gasteiger partial charge in [0.05, 0.1) is 28.6 Å². The number of hydrogen-bond donors (Lipinski definition) is 1. The molecule has 0 bridgehead atoms. The minimum atomic E-state index is -0.715. The van der Waals surface area contributed by atoms with Crippen LogP contribution in [0, 0.1) is 5.92 Å². The Morgan fingerprint density at radius 3 is 2.44 bits per heavy atom. The number of hydrogen-bond acceptors (Lipinski definition) is 3. The molecule has 1 aliphatic heterocycles. The van der Waals surface area contributed by atoms with E-state index in [1.807, 2.05) is 43.3 Å². The number of piperidine rings is 1. The first kappa shape index (κ1) is 20.0. The molecule has 27 heavy (non-hydrogen) atoms. The SMILES string of the molecule is CCOc1ccc(C(c2cccc(Cl)c2Cl)N2CCC(C(=O)O)CC2)cc1. The van der Waals surface area contributed by atoms with Crippen LogP contribution in [0.2, 0.25) is 10.0 Å². The van der Waals surface area contributed by atoms with Crippen LogP contribution in [0.4, 0.5) is 0 Å². The minimum absolute atomic E-state index is 0.0818. The maximum absolute atomic E-state index is 11.3. The summed E-state index contributed by atoms with van der Waals surface area (Å²) in [7, 11) is 0. The predicted molar refractivity (Wildman–Crippen MR) is 108 cm³/mol. The molecule has 0 amide bonds. The number of aliphatic carboxylic acids is 1. The Hall–Kier alpha value is -1.75. The van der Waals surface area contributed by atoms with E-state index in [2.05, 4.69) is 4.90 Å². The number of rotatable bonds is 6. The van der Waals surface area contributed by atoms with Gasteiger partial charge in [-0.05, 0) is 62.2 Å². The molecule has 4 nitrogen and oxygen atoms in total. The maximum atomic E-state index is 11.3. The summed E-state index contributed by atoms with van der Waals surface area (Å²) in [6, 6.07) is 13.6. The lowest BCUT2D eigenvalue weighted by molar-refractivity contribution is -0.143. The van der Waals surface area contributed by atoms with Gasteiger partial charge in [-0.1, -0.05) is 47.5 Å². The zero-order valence-electron chi connectivity index (χ0n) is 15.2. The molecule has 2 aromatic carbocycles. The molecule has 144 valence electrons. The Morgan fingerprint density at radius 1 is 1.19 bits per heavy atom. The number of nitrogens with zero attached hydrogens (tertiary/aromatic N) is 1. The lowest BCUT2D eigenvalue weighted by Crippen LogP contribution is -2.39. The normalized spacial score (nSPS) is 16.9. The van der Waals surface area contributed by atoms with Gasteiger partial charge in [0.2, 0.25) is 0 Å². The van der Waals surface area contributed by atoms with Gasteiger partial charge in [-0.2, -0.15) is 0 Å². The molecule has 0 radical (unpaired) electrons. The summed E-state index contributed by atoms with van der Waals surface area (Å²) in [5.41, 5.74) is 2.01. The summed E-state index contributed by atoms with van der Waals surface area (Å²) in [5.74, 6) is -0.174. The van der Waals surface area contributed by atoms with Gasteiger partial charge in [0, 0.05) is 0 Å². The van der Waals surface area contributed by atoms with Gasteiger partial charge in [0.25, 0.3) is 0 Å². The topological polar surface area (TPSA) is 49.8 Å². The van der Waals surface area contributed by atoms with Gasteiger partial charge in [-0.15, -0.1) is 0 Å². The number of benzene rings is 2. The first-order valence-electron chi connectivity index (χ1n) is 9.14. The Labute approximate surface area is 169 Å². The number of carboxylic acid groups (broad SMARTS) is 1. The second-order valence-electron chi connectivity index (χ2n) is 6.70. The monoisotopic (exact) mass is 407 g/mol. The Bertz CT molecular complexity index is 787. The molecule has 1 unspecified atom stereocenters. The number of ether oxygens (including phenoxy) is 1. The summed E-state index contributed by atoms with van der Waals surface area (Å²) < 4.78 is 5.55. The lowest BCUT2D eigenvalue weighted by atomic mass is 9.91. The highest BCUT2D eigenvalue weighted by Gasteiger charge is 2.31. The van der Waals surface area contributed by atoms with Crippen LogP contribution >= 0.6 is 23.2 Å². The fraction of sp³-hybridized carbons (Fsp3) is 0.381. The Morgan fingerprint density at radius 2 is 1.85 bits per heavy atom. The molecule has 1 saturated heterocycles. The fourth-order valence-electron chi connectivity index (χ4n) is 3.64. The third kappa shape index (κ3) is 4.57. The van der Waals surface area contributed by atoms with E-state index < -0.39 is 5.97 Å². The molecule has 3 rings (SSSR count). The summed E-state index contributed by atoms with van der Waals surface area (Å²) in [5, 5.41) is 10.3. The van der Waals surface area contributed by atoms with Crippen molar-refractivity contribution in [3.63, 3.8) is 0 Å². The predicted octanol–water partition coefficient (Wildman–Crippen LogP) is 5.28. The van der Waals surface area contributed by atoms with E-state index >= 15 is 0 Å². The maximum Gasteiger partial charge on any atom is 0.306 e. The largest absolute Gasteiger partial charge is 0.494 e. The number of carbonyl (C=O) groups is 1. The molecular weight excluding hydrogens is 385 g/mol. The molecule has 1 heterocycles. The van der Waals surface area contributed by atoms with Gasteiger partial charge in [0.15, 0.2) is 0 Å².